The van der Waals surface area contributed by atoms with Gasteiger partial charge in [0.1, 0.15) is 0 Å². The zero-order valence-corrected chi connectivity index (χ0v) is 7.82. The van der Waals surface area contributed by atoms with Gasteiger partial charge in [0.2, 0.25) is 0 Å². The smallest absolute Gasteiger partial charge is 0.314 e. The molecule has 4 heteroatoms. The summed E-state index contributed by atoms with van der Waals surface area (Å²) in [6.45, 7) is 2.51. The molecule has 0 amide bonds. The van der Waals surface area contributed by atoms with Crippen LogP contribution in [-0.4, -0.2) is 18.8 Å². The quantitative estimate of drug-likeness (QED) is 0.714. The Hall–Kier alpha value is -0.250. The minimum Gasteiger partial charge on any atom is -0.314 e. The largest absolute Gasteiger partial charge is 0.391 e. The maximum atomic E-state index is 12.3. The average molecular weight is 195 g/mol. The van der Waals surface area contributed by atoms with Crippen molar-refractivity contribution in [1.82, 2.24) is 5.32 Å². The number of rotatable bonds is 2. The fourth-order valence-electron chi connectivity index (χ4n) is 1.87. The van der Waals surface area contributed by atoms with E-state index in [4.69, 9.17) is 0 Å². The molecule has 0 aromatic heterocycles. The Morgan fingerprint density at radius 3 is 2.62 bits per heavy atom. The summed E-state index contributed by atoms with van der Waals surface area (Å²) in [5, 5.41) is 3.12. The number of piperidine rings is 1. The van der Waals surface area contributed by atoms with E-state index in [1.165, 1.54) is 0 Å². The van der Waals surface area contributed by atoms with E-state index in [9.17, 15) is 13.2 Å². The van der Waals surface area contributed by atoms with Gasteiger partial charge in [-0.1, -0.05) is 13.3 Å². The topological polar surface area (TPSA) is 12.0 Å². The van der Waals surface area contributed by atoms with Gasteiger partial charge >= 0.3 is 6.18 Å². The molecule has 0 spiro atoms. The number of hydrogen-bond acceptors (Lipinski definition) is 1. The van der Waals surface area contributed by atoms with Crippen molar-refractivity contribution in [2.45, 2.75) is 44.8 Å². The summed E-state index contributed by atoms with van der Waals surface area (Å²) in [4.78, 5) is 0. The van der Waals surface area contributed by atoms with Crippen LogP contribution in [0.4, 0.5) is 13.2 Å². The summed E-state index contributed by atoms with van der Waals surface area (Å²) >= 11 is 0. The third kappa shape index (κ3) is 3.18. The Balaban J connectivity index is 2.42. The molecule has 1 nitrogen and oxygen atoms in total. The number of hydrogen-bond donors (Lipinski definition) is 1. The van der Waals surface area contributed by atoms with Gasteiger partial charge in [0, 0.05) is 6.04 Å². The first kappa shape index (κ1) is 10.8. The summed E-state index contributed by atoms with van der Waals surface area (Å²) in [5.74, 6) is -1.08. The molecule has 1 aliphatic rings. The van der Waals surface area contributed by atoms with Crippen LogP contribution in [-0.2, 0) is 0 Å². The Bertz CT molecular complexity index is 153. The molecular formula is C9H16F3N. The molecule has 2 unspecified atom stereocenters. The first-order valence-corrected chi connectivity index (χ1v) is 4.84. The first-order valence-electron chi connectivity index (χ1n) is 4.84. The molecule has 1 aliphatic heterocycles. The van der Waals surface area contributed by atoms with Crippen molar-refractivity contribution in [3.63, 3.8) is 0 Å². The molecule has 0 aliphatic carbocycles. The summed E-state index contributed by atoms with van der Waals surface area (Å²) in [5.41, 5.74) is 0. The lowest BCUT2D eigenvalue weighted by Gasteiger charge is -2.31. The van der Waals surface area contributed by atoms with Gasteiger partial charge in [-0.15, -0.1) is 0 Å². The van der Waals surface area contributed by atoms with Crippen LogP contribution in [0.15, 0.2) is 0 Å². The summed E-state index contributed by atoms with van der Waals surface area (Å²) in [7, 11) is 0. The predicted molar refractivity (Wildman–Crippen MR) is 45.5 cm³/mol. The lowest BCUT2D eigenvalue weighted by atomic mass is 9.90. The number of alkyl halides is 3. The van der Waals surface area contributed by atoms with Crippen molar-refractivity contribution < 1.29 is 13.2 Å². The second kappa shape index (κ2) is 4.31. The predicted octanol–water partition coefficient (Wildman–Crippen LogP) is 2.72. The van der Waals surface area contributed by atoms with Crippen LogP contribution in [0.25, 0.3) is 0 Å². The van der Waals surface area contributed by atoms with E-state index in [0.29, 0.717) is 6.54 Å². The molecular weight excluding hydrogens is 179 g/mol. The zero-order valence-electron chi connectivity index (χ0n) is 7.82. The monoisotopic (exact) mass is 195 g/mol. The normalized spacial score (nSPS) is 30.5. The van der Waals surface area contributed by atoms with E-state index < -0.39 is 12.1 Å². The molecule has 2 atom stereocenters. The lowest BCUT2D eigenvalue weighted by Crippen LogP contribution is -2.42. The molecule has 1 saturated heterocycles. The van der Waals surface area contributed by atoms with E-state index in [2.05, 4.69) is 5.32 Å². The van der Waals surface area contributed by atoms with Gasteiger partial charge < -0.3 is 5.32 Å². The van der Waals surface area contributed by atoms with Crippen molar-refractivity contribution in [1.29, 1.82) is 0 Å². The Kier molecular flexibility index (Phi) is 3.59. The second-order valence-electron chi connectivity index (χ2n) is 3.70. The minimum atomic E-state index is -3.99. The van der Waals surface area contributed by atoms with Crippen LogP contribution in [0, 0.1) is 5.92 Å². The molecule has 1 fully saturated rings. The standard InChI is InChI=1S/C9H16F3N/c1-2-3-8-6-7(4-5-13-8)9(10,11)12/h7-8,13H,2-6H2,1H3. The molecule has 0 aromatic carbocycles. The van der Waals surface area contributed by atoms with Gasteiger partial charge in [-0.05, 0) is 25.8 Å². The highest BCUT2D eigenvalue weighted by Gasteiger charge is 2.41. The Morgan fingerprint density at radius 2 is 2.08 bits per heavy atom. The molecule has 78 valence electrons. The Morgan fingerprint density at radius 1 is 1.38 bits per heavy atom. The molecule has 0 saturated carbocycles. The van der Waals surface area contributed by atoms with E-state index >= 15 is 0 Å². The highest BCUT2D eigenvalue weighted by atomic mass is 19.4. The SMILES string of the molecule is CCCC1CC(C(F)(F)F)CCN1. The molecule has 0 aromatic rings. The van der Waals surface area contributed by atoms with Crippen LogP contribution >= 0.6 is 0 Å². The molecule has 1 heterocycles. The third-order valence-electron chi connectivity index (χ3n) is 2.59. The number of halogens is 3. The average Bonchev–Trinajstić information content (AvgIpc) is 2.04. The summed E-state index contributed by atoms with van der Waals surface area (Å²) in [6.07, 6.45) is -1.69. The fraction of sp³-hybridized carbons (Fsp3) is 1.00. The van der Waals surface area contributed by atoms with Crippen LogP contribution in [0.2, 0.25) is 0 Å². The molecule has 1 rings (SSSR count). The highest BCUT2D eigenvalue weighted by Crippen LogP contribution is 2.34. The van der Waals surface area contributed by atoms with Crippen molar-refractivity contribution in [2.75, 3.05) is 6.54 Å². The number of nitrogens with one attached hydrogen (secondary N) is 1. The van der Waals surface area contributed by atoms with Crippen molar-refractivity contribution in [3.05, 3.63) is 0 Å². The van der Waals surface area contributed by atoms with Gasteiger partial charge in [-0.2, -0.15) is 13.2 Å². The summed E-state index contributed by atoms with van der Waals surface area (Å²) < 4.78 is 37.0. The van der Waals surface area contributed by atoms with Crippen molar-refractivity contribution in [3.8, 4) is 0 Å². The lowest BCUT2D eigenvalue weighted by molar-refractivity contribution is -0.183. The van der Waals surface area contributed by atoms with Gasteiger partial charge in [0.05, 0.1) is 5.92 Å². The molecule has 0 bridgehead atoms. The first-order chi connectivity index (χ1) is 6.04. The van der Waals surface area contributed by atoms with E-state index in [1.807, 2.05) is 6.92 Å². The van der Waals surface area contributed by atoms with Crippen LogP contribution in [0.1, 0.15) is 32.6 Å². The molecule has 1 N–H and O–H groups in total. The van der Waals surface area contributed by atoms with Crippen molar-refractivity contribution >= 4 is 0 Å². The zero-order chi connectivity index (χ0) is 9.90. The highest BCUT2D eigenvalue weighted by molar-refractivity contribution is 4.81. The fourth-order valence-corrected chi connectivity index (χ4v) is 1.87. The minimum absolute atomic E-state index is 0.0744. The molecule has 13 heavy (non-hydrogen) atoms. The van der Waals surface area contributed by atoms with Gasteiger partial charge in [-0.25, -0.2) is 0 Å². The van der Waals surface area contributed by atoms with E-state index in [1.54, 1.807) is 0 Å². The summed E-state index contributed by atoms with van der Waals surface area (Å²) in [6, 6.07) is 0.0744. The Labute approximate surface area is 76.7 Å². The van der Waals surface area contributed by atoms with Gasteiger partial charge in [0.25, 0.3) is 0 Å². The van der Waals surface area contributed by atoms with Crippen LogP contribution in [0.5, 0.6) is 0 Å². The van der Waals surface area contributed by atoms with Gasteiger partial charge in [-0.3, -0.25) is 0 Å². The third-order valence-corrected chi connectivity index (χ3v) is 2.59. The van der Waals surface area contributed by atoms with E-state index in [0.717, 1.165) is 12.8 Å². The second-order valence-corrected chi connectivity index (χ2v) is 3.70. The maximum absolute atomic E-state index is 12.3. The molecule has 0 radical (unpaired) electrons. The van der Waals surface area contributed by atoms with Crippen LogP contribution in [0.3, 0.4) is 0 Å². The maximum Gasteiger partial charge on any atom is 0.391 e. The van der Waals surface area contributed by atoms with Crippen LogP contribution < -0.4 is 5.32 Å². The van der Waals surface area contributed by atoms with Gasteiger partial charge in [0.15, 0.2) is 0 Å². The van der Waals surface area contributed by atoms with Crippen molar-refractivity contribution in [2.24, 2.45) is 5.92 Å². The van der Waals surface area contributed by atoms with E-state index in [-0.39, 0.29) is 18.9 Å².